The number of benzene rings is 1. The number of carbonyl (C=O) groups is 1. The lowest BCUT2D eigenvalue weighted by atomic mass is 10.1. The van der Waals surface area contributed by atoms with Crippen molar-refractivity contribution in [2.75, 3.05) is 25.4 Å². The van der Waals surface area contributed by atoms with Gasteiger partial charge in [0.1, 0.15) is 0 Å². The molecule has 22 heavy (non-hydrogen) atoms. The highest BCUT2D eigenvalue weighted by atomic mass is 35.5. The Morgan fingerprint density at radius 3 is 2.45 bits per heavy atom. The maximum atomic E-state index is 12.0. The number of amides is 1. The molecule has 1 rings (SSSR count). The Labute approximate surface area is 146 Å². The van der Waals surface area contributed by atoms with Crippen LogP contribution in [0.2, 0.25) is 0 Å². The van der Waals surface area contributed by atoms with E-state index in [1.807, 2.05) is 6.92 Å². The molecule has 3 N–H and O–H groups in total. The highest BCUT2D eigenvalue weighted by Gasteiger charge is 2.10. The molecule has 0 aromatic heterocycles. The second-order valence-electron chi connectivity index (χ2n) is 5.17. The molecule has 0 spiro atoms. The zero-order valence-electron chi connectivity index (χ0n) is 13.7. The molecular weight excluding hydrogens is 321 g/mol. The molecule has 0 saturated carbocycles. The number of hydrogen-bond acceptors (Lipinski definition) is 3. The summed E-state index contributed by atoms with van der Waals surface area (Å²) in [5, 5.41) is 3.02. The van der Waals surface area contributed by atoms with Crippen LogP contribution < -0.4 is 11.1 Å². The molecule has 4 nitrogen and oxygen atoms in total. The number of carbonyl (C=O) groups excluding carboxylic acids is 1. The Kier molecular flexibility index (Phi) is 13.3. The summed E-state index contributed by atoms with van der Waals surface area (Å²) in [6.07, 6.45) is 2.09. The van der Waals surface area contributed by atoms with E-state index in [2.05, 4.69) is 24.1 Å². The van der Waals surface area contributed by atoms with Crippen molar-refractivity contribution in [1.29, 1.82) is 0 Å². The van der Waals surface area contributed by atoms with E-state index in [-0.39, 0.29) is 36.8 Å². The fraction of sp³-hybridized carbons (Fsp3) is 0.562. The number of anilines is 1. The Morgan fingerprint density at radius 2 is 1.91 bits per heavy atom. The third-order valence-electron chi connectivity index (χ3n) is 3.53. The van der Waals surface area contributed by atoms with E-state index in [1.54, 1.807) is 24.3 Å². The zero-order chi connectivity index (χ0) is 15.0. The first-order valence-corrected chi connectivity index (χ1v) is 7.45. The number of nitrogen functional groups attached to an aromatic ring is 1. The van der Waals surface area contributed by atoms with Crippen LogP contribution in [0.3, 0.4) is 0 Å². The monoisotopic (exact) mass is 349 g/mol. The number of nitrogens with zero attached hydrogens (tertiary/aromatic N) is 1. The largest absolute Gasteiger partial charge is 0.399 e. The fourth-order valence-electron chi connectivity index (χ4n) is 2.22. The van der Waals surface area contributed by atoms with Crippen LogP contribution in [0.5, 0.6) is 0 Å². The summed E-state index contributed by atoms with van der Waals surface area (Å²) in [5.41, 5.74) is 6.93. The lowest BCUT2D eigenvalue weighted by Crippen LogP contribution is -2.33. The van der Waals surface area contributed by atoms with Gasteiger partial charge in [-0.05, 0) is 57.6 Å². The van der Waals surface area contributed by atoms with Crippen LogP contribution >= 0.6 is 24.8 Å². The summed E-state index contributed by atoms with van der Waals surface area (Å²) in [4.78, 5) is 14.4. The Morgan fingerprint density at radius 1 is 1.27 bits per heavy atom. The molecule has 0 bridgehead atoms. The van der Waals surface area contributed by atoms with Gasteiger partial charge in [0, 0.05) is 17.3 Å². The van der Waals surface area contributed by atoms with Crippen molar-refractivity contribution in [3.05, 3.63) is 29.8 Å². The minimum atomic E-state index is -0.0485. The molecule has 6 heteroatoms. The zero-order valence-corrected chi connectivity index (χ0v) is 15.3. The number of rotatable bonds is 8. The average molecular weight is 350 g/mol. The van der Waals surface area contributed by atoms with Crippen LogP contribution in [0.15, 0.2) is 24.3 Å². The second kappa shape index (κ2) is 12.6. The summed E-state index contributed by atoms with van der Waals surface area (Å²) in [7, 11) is 0. The van der Waals surface area contributed by atoms with E-state index in [1.165, 1.54) is 0 Å². The molecule has 128 valence electrons. The number of nitrogens with one attached hydrogen (secondary N) is 1. The fourth-order valence-corrected chi connectivity index (χ4v) is 2.22. The topological polar surface area (TPSA) is 58.4 Å². The van der Waals surface area contributed by atoms with E-state index in [4.69, 9.17) is 5.73 Å². The van der Waals surface area contributed by atoms with Crippen molar-refractivity contribution >= 4 is 36.4 Å². The van der Waals surface area contributed by atoms with Crippen molar-refractivity contribution in [3.63, 3.8) is 0 Å². The molecule has 1 unspecified atom stereocenters. The molecule has 0 fully saturated rings. The van der Waals surface area contributed by atoms with E-state index < -0.39 is 0 Å². The summed E-state index contributed by atoms with van der Waals surface area (Å²) in [6.45, 7) is 9.65. The smallest absolute Gasteiger partial charge is 0.251 e. The van der Waals surface area contributed by atoms with Gasteiger partial charge in [0.05, 0.1) is 0 Å². The SMILES string of the molecule is CCN(CC)CCCC(C)NC(=O)c1cccc(N)c1.Cl.Cl. The summed E-state index contributed by atoms with van der Waals surface area (Å²) in [5.74, 6) is -0.0485. The van der Waals surface area contributed by atoms with Gasteiger partial charge in [0.2, 0.25) is 0 Å². The van der Waals surface area contributed by atoms with Gasteiger partial charge < -0.3 is 16.0 Å². The molecule has 0 radical (unpaired) electrons. The van der Waals surface area contributed by atoms with Gasteiger partial charge >= 0.3 is 0 Å². The maximum absolute atomic E-state index is 12.0. The summed E-state index contributed by atoms with van der Waals surface area (Å²) in [6, 6.07) is 7.26. The molecule has 0 aliphatic rings. The Bertz CT molecular complexity index is 426. The van der Waals surface area contributed by atoms with E-state index in [9.17, 15) is 4.79 Å². The molecule has 0 heterocycles. The number of hydrogen-bond donors (Lipinski definition) is 2. The normalized spacial score (nSPS) is 11.3. The highest BCUT2D eigenvalue weighted by molar-refractivity contribution is 5.95. The minimum Gasteiger partial charge on any atom is -0.399 e. The third kappa shape index (κ3) is 8.47. The Balaban J connectivity index is 0. The predicted octanol–water partition coefficient (Wildman–Crippen LogP) is 3.35. The van der Waals surface area contributed by atoms with Crippen LogP contribution in [0.4, 0.5) is 5.69 Å². The van der Waals surface area contributed by atoms with Gasteiger partial charge in [-0.3, -0.25) is 4.79 Å². The first-order valence-electron chi connectivity index (χ1n) is 7.45. The highest BCUT2D eigenvalue weighted by Crippen LogP contribution is 2.07. The molecule has 1 aromatic carbocycles. The molecule has 0 saturated heterocycles. The average Bonchev–Trinajstić information content (AvgIpc) is 2.43. The van der Waals surface area contributed by atoms with Crippen molar-refractivity contribution < 1.29 is 4.79 Å². The lowest BCUT2D eigenvalue weighted by Gasteiger charge is -2.19. The van der Waals surface area contributed by atoms with E-state index >= 15 is 0 Å². The van der Waals surface area contributed by atoms with E-state index in [0.717, 1.165) is 32.5 Å². The lowest BCUT2D eigenvalue weighted by molar-refractivity contribution is 0.0937. The van der Waals surface area contributed by atoms with Crippen LogP contribution in [0, 0.1) is 0 Å². The molecular formula is C16H29Cl2N3O. The van der Waals surface area contributed by atoms with Crippen LogP contribution in [0.1, 0.15) is 44.0 Å². The van der Waals surface area contributed by atoms with Gasteiger partial charge in [-0.1, -0.05) is 19.9 Å². The van der Waals surface area contributed by atoms with Crippen LogP contribution in [0.25, 0.3) is 0 Å². The summed E-state index contributed by atoms with van der Waals surface area (Å²) < 4.78 is 0. The minimum absolute atomic E-state index is 0. The van der Waals surface area contributed by atoms with Gasteiger partial charge in [-0.25, -0.2) is 0 Å². The van der Waals surface area contributed by atoms with Gasteiger partial charge in [0.25, 0.3) is 5.91 Å². The van der Waals surface area contributed by atoms with E-state index in [0.29, 0.717) is 11.3 Å². The Hall–Kier alpha value is -0.970. The molecule has 0 aliphatic heterocycles. The number of nitrogens with two attached hydrogens (primary N) is 1. The quantitative estimate of drug-likeness (QED) is 0.707. The van der Waals surface area contributed by atoms with Crippen LogP contribution in [-0.2, 0) is 0 Å². The van der Waals surface area contributed by atoms with Gasteiger partial charge in [0.15, 0.2) is 0 Å². The first kappa shape index (κ1) is 23.3. The number of halogens is 2. The van der Waals surface area contributed by atoms with Crippen molar-refractivity contribution in [3.8, 4) is 0 Å². The van der Waals surface area contributed by atoms with Gasteiger partial charge in [-0.15, -0.1) is 24.8 Å². The van der Waals surface area contributed by atoms with Gasteiger partial charge in [-0.2, -0.15) is 0 Å². The molecule has 1 amide bonds. The maximum Gasteiger partial charge on any atom is 0.251 e. The van der Waals surface area contributed by atoms with Crippen molar-refractivity contribution in [1.82, 2.24) is 10.2 Å². The van der Waals surface area contributed by atoms with Crippen molar-refractivity contribution in [2.24, 2.45) is 0 Å². The predicted molar refractivity (Wildman–Crippen MR) is 99.3 cm³/mol. The molecule has 1 atom stereocenters. The third-order valence-corrected chi connectivity index (χ3v) is 3.53. The molecule has 1 aromatic rings. The molecule has 0 aliphatic carbocycles. The van der Waals surface area contributed by atoms with Crippen molar-refractivity contribution in [2.45, 2.75) is 39.7 Å². The van der Waals surface area contributed by atoms with Crippen LogP contribution in [-0.4, -0.2) is 36.5 Å². The first-order chi connectivity index (χ1) is 9.56. The standard InChI is InChI=1S/C16H27N3O.2ClH/c1-4-19(5-2)11-7-8-13(3)18-16(20)14-9-6-10-15(17)12-14;;/h6,9-10,12-13H,4-5,7-8,11,17H2,1-3H3,(H,18,20);2*1H. The summed E-state index contributed by atoms with van der Waals surface area (Å²) >= 11 is 0. The second-order valence-corrected chi connectivity index (χ2v) is 5.17.